The molecule has 6 aromatic heterocycles. The van der Waals surface area contributed by atoms with Crippen LogP contribution in [0.25, 0.3) is 50.8 Å². The monoisotopic (exact) mass is 1350 g/mol. The highest BCUT2D eigenvalue weighted by Crippen LogP contribution is 2.36. The third-order valence-corrected chi connectivity index (χ3v) is 18.2. The zero-order valence-corrected chi connectivity index (χ0v) is 52.7. The van der Waals surface area contributed by atoms with Gasteiger partial charge in [0.05, 0.1) is 170 Å². The lowest BCUT2D eigenvalue weighted by Gasteiger charge is -2.33. The molecule has 15 rings (SSSR count). The Morgan fingerprint density at radius 3 is 1.12 bits per heavy atom. The van der Waals surface area contributed by atoms with Gasteiger partial charge in [0.15, 0.2) is 17.5 Å². The SMILES string of the molecule is CS(=O)(=O)N[C@H]1CCN(c2ccn(-c3cc(-c4c(F)cccc4C#N)nc4c3C(=O)NC4)n2)C1.N#Cc1cccc(F)c1-c1cc(-n2ccc(N3CC[C@@H](O)[C@@H](O)C3)n2)c2c(n1)CNC2=O.N#Cc1cccc(F)c1-c1cc(-n2ccc(N3CC[C@H](O)[C@H](O)C3)n2)c2c(n1)CNC2=O. The van der Waals surface area contributed by atoms with E-state index in [0.717, 1.165) is 6.26 Å². The first kappa shape index (κ1) is 65.2. The predicted molar refractivity (Wildman–Crippen MR) is 344 cm³/mol. The molecule has 32 heteroatoms. The van der Waals surface area contributed by atoms with Gasteiger partial charge >= 0.3 is 0 Å². The summed E-state index contributed by atoms with van der Waals surface area (Å²) in [5.41, 5.74) is 4.92. The summed E-state index contributed by atoms with van der Waals surface area (Å²) in [6, 6.07) is 28.4. The number of aliphatic hydroxyl groups excluding tert-OH is 4. The number of aromatic nitrogens is 9. The Hall–Kier alpha value is -11.4. The van der Waals surface area contributed by atoms with E-state index in [1.165, 1.54) is 68.6 Å². The summed E-state index contributed by atoms with van der Waals surface area (Å²) >= 11 is 0. The van der Waals surface area contributed by atoms with Crippen molar-refractivity contribution in [1.82, 2.24) is 65.0 Å². The van der Waals surface area contributed by atoms with Gasteiger partial charge in [-0.2, -0.15) is 31.1 Å². The number of nitrogens with zero attached hydrogens (tertiary/aromatic N) is 15. The molecule has 498 valence electrons. The zero-order valence-electron chi connectivity index (χ0n) is 51.8. The lowest BCUT2D eigenvalue weighted by atomic mass is 10.0. The molecule has 28 nitrogen and oxygen atoms in total. The number of piperidine rings is 2. The number of hydrogen-bond acceptors (Lipinski definition) is 21. The third-order valence-electron chi connectivity index (χ3n) is 17.4. The minimum absolute atomic E-state index is 0.0648. The maximum atomic E-state index is 14.7. The van der Waals surface area contributed by atoms with Crippen LogP contribution in [0.5, 0.6) is 0 Å². The average Bonchev–Trinajstić information content (AvgIpc) is 1.56. The van der Waals surface area contributed by atoms with E-state index in [9.17, 15) is 72.2 Å². The van der Waals surface area contributed by atoms with Crippen molar-refractivity contribution in [2.24, 2.45) is 0 Å². The van der Waals surface area contributed by atoms with Crippen LogP contribution in [0.1, 0.15) is 84.1 Å². The van der Waals surface area contributed by atoms with Crippen molar-refractivity contribution < 1.29 is 56.4 Å². The Balaban J connectivity index is 0.000000132. The van der Waals surface area contributed by atoms with Crippen LogP contribution in [0, 0.1) is 51.4 Å². The molecule has 3 saturated heterocycles. The van der Waals surface area contributed by atoms with Crippen molar-refractivity contribution in [3.8, 4) is 69.0 Å². The number of aliphatic hydroxyl groups is 4. The highest BCUT2D eigenvalue weighted by atomic mass is 32.2. The third kappa shape index (κ3) is 12.8. The van der Waals surface area contributed by atoms with E-state index in [4.69, 9.17) is 0 Å². The van der Waals surface area contributed by atoms with E-state index in [0.29, 0.717) is 114 Å². The number of carbonyl (C=O) groups excluding carboxylic acids is 3. The minimum atomic E-state index is -3.31. The van der Waals surface area contributed by atoms with E-state index < -0.39 is 51.9 Å². The van der Waals surface area contributed by atoms with Crippen LogP contribution in [0.2, 0.25) is 0 Å². The first-order valence-electron chi connectivity index (χ1n) is 30.8. The molecule has 9 aromatic rings. The molecular weight excluding hydrogens is 1290 g/mol. The molecule has 5 atom stereocenters. The van der Waals surface area contributed by atoms with E-state index in [1.807, 2.05) is 32.9 Å². The van der Waals surface area contributed by atoms with Crippen LogP contribution in [0.15, 0.2) is 110 Å². The number of fused-ring (bicyclic) bond motifs is 3. The van der Waals surface area contributed by atoms with E-state index in [2.05, 4.69) is 50.9 Å². The normalized spacial score (nSPS) is 19.2. The van der Waals surface area contributed by atoms with Crippen molar-refractivity contribution in [1.29, 1.82) is 15.8 Å². The Bertz CT molecular complexity index is 4770. The number of hydrogen-bond donors (Lipinski definition) is 8. The summed E-state index contributed by atoms with van der Waals surface area (Å²) < 4.78 is 74.2. The highest BCUT2D eigenvalue weighted by Gasteiger charge is 2.35. The van der Waals surface area contributed by atoms with Gasteiger partial charge in [-0.1, -0.05) is 18.2 Å². The summed E-state index contributed by atoms with van der Waals surface area (Å²) in [6.45, 7) is 3.16. The van der Waals surface area contributed by atoms with Gasteiger partial charge in [-0.25, -0.2) is 55.3 Å². The van der Waals surface area contributed by atoms with Gasteiger partial charge in [0.2, 0.25) is 10.0 Å². The standard InChI is InChI=1S/C22H20FN7O3S.2C22H19FN6O3/c1-34(32,33)28-14-5-7-29(12-14)19-6-8-30(27-19)18-9-16(26-17-11-25-22(31)21(17)18)20-13(10-24)3-2-4-15(20)23;2*23-13-3-1-2-12(9-24)20(13)14-8-16(21-15(26-14)10-25-22(21)32)29-7-5-19(27-29)28-6-4-17(30)18(31)11-28/h2-4,6,8-9,14,28H,5,7,11-12H2,1H3,(H,25,31);2*1-3,5,7-8,17-18,30-31H,4,6,10-11H2,(H,25,32)/t14-;2*17-,18+/m010/s1. The number of amides is 3. The molecule has 0 bridgehead atoms. The molecule has 0 unspecified atom stereocenters. The van der Waals surface area contributed by atoms with Gasteiger partial charge in [-0.3, -0.25) is 14.4 Å². The largest absolute Gasteiger partial charge is 0.390 e. The van der Waals surface area contributed by atoms with Crippen molar-refractivity contribution in [3.05, 3.63) is 178 Å². The number of anilines is 3. The van der Waals surface area contributed by atoms with Crippen LogP contribution < -0.4 is 35.4 Å². The number of carbonyl (C=O) groups is 3. The summed E-state index contributed by atoms with van der Waals surface area (Å²) in [7, 11) is -3.31. The van der Waals surface area contributed by atoms with Crippen LogP contribution in [0.4, 0.5) is 30.6 Å². The molecular formula is C66H58F3N19O9S. The molecule has 12 heterocycles. The fraction of sp³-hybridized carbons (Fsp3) is 0.273. The molecule has 8 N–H and O–H groups in total. The summed E-state index contributed by atoms with van der Waals surface area (Å²) in [4.78, 5) is 56.6. The molecule has 6 aliphatic rings. The van der Waals surface area contributed by atoms with Gasteiger partial charge in [0.1, 0.15) is 17.5 Å². The van der Waals surface area contributed by atoms with E-state index in [1.54, 1.807) is 55.0 Å². The minimum Gasteiger partial charge on any atom is -0.390 e. The van der Waals surface area contributed by atoms with Gasteiger partial charge in [-0.15, -0.1) is 0 Å². The van der Waals surface area contributed by atoms with Crippen LogP contribution >= 0.6 is 0 Å². The van der Waals surface area contributed by atoms with Crippen molar-refractivity contribution in [3.63, 3.8) is 0 Å². The Kier molecular flexibility index (Phi) is 17.7. The van der Waals surface area contributed by atoms with Crippen LogP contribution in [-0.2, 0) is 29.7 Å². The second-order valence-corrected chi connectivity index (χ2v) is 25.6. The Morgan fingerprint density at radius 2 is 0.806 bits per heavy atom. The first-order valence-corrected chi connectivity index (χ1v) is 32.7. The van der Waals surface area contributed by atoms with Gasteiger partial charge in [0.25, 0.3) is 17.7 Å². The lowest BCUT2D eigenvalue weighted by molar-refractivity contribution is 0.00785. The van der Waals surface area contributed by atoms with Crippen LogP contribution in [-0.4, -0.2) is 167 Å². The highest BCUT2D eigenvalue weighted by molar-refractivity contribution is 7.88. The number of nitriles is 3. The quantitative estimate of drug-likeness (QED) is 0.0917. The number of sulfonamides is 1. The van der Waals surface area contributed by atoms with Gasteiger partial charge < -0.3 is 51.1 Å². The van der Waals surface area contributed by atoms with Crippen molar-refractivity contribution >= 4 is 45.2 Å². The molecule has 0 spiro atoms. The molecule has 6 aliphatic heterocycles. The Morgan fingerprint density at radius 1 is 0.480 bits per heavy atom. The molecule has 3 amide bonds. The maximum absolute atomic E-state index is 14.7. The maximum Gasteiger partial charge on any atom is 0.255 e. The molecule has 0 radical (unpaired) electrons. The number of halogens is 3. The second-order valence-electron chi connectivity index (χ2n) is 23.8. The van der Waals surface area contributed by atoms with Crippen LogP contribution in [0.3, 0.4) is 0 Å². The number of nitrogens with one attached hydrogen (secondary N) is 4. The number of rotatable bonds is 11. The van der Waals surface area contributed by atoms with Gasteiger partial charge in [0, 0.05) is 82.1 Å². The van der Waals surface area contributed by atoms with E-state index in [-0.39, 0.29) is 107 Å². The fourth-order valence-electron chi connectivity index (χ4n) is 12.7. The second kappa shape index (κ2) is 26.6. The molecule has 3 fully saturated rings. The summed E-state index contributed by atoms with van der Waals surface area (Å²) in [5, 5.41) is 89.7. The number of pyridine rings is 3. The summed E-state index contributed by atoms with van der Waals surface area (Å²) in [6.07, 6.45) is 4.34. The number of β-amino-alcohol motifs (C(OH)–C–C–N with tert-alkyl or cyclic N) is 2. The Labute approximate surface area is 556 Å². The van der Waals surface area contributed by atoms with Gasteiger partial charge in [-0.05, 0) is 73.9 Å². The predicted octanol–water partition coefficient (Wildman–Crippen LogP) is 3.56. The molecule has 0 saturated carbocycles. The molecule has 0 aliphatic carbocycles. The fourth-order valence-corrected chi connectivity index (χ4v) is 13.5. The zero-order chi connectivity index (χ0) is 68.8. The van der Waals surface area contributed by atoms with Crippen molar-refractivity contribution in [2.75, 3.05) is 60.2 Å². The molecule has 98 heavy (non-hydrogen) atoms. The first-order chi connectivity index (χ1) is 47.1. The summed E-state index contributed by atoms with van der Waals surface area (Å²) in [5.74, 6) is -0.912. The van der Waals surface area contributed by atoms with E-state index >= 15 is 0 Å². The smallest absolute Gasteiger partial charge is 0.255 e. The lowest BCUT2D eigenvalue weighted by Crippen LogP contribution is -2.46. The molecule has 3 aromatic carbocycles. The number of benzene rings is 3. The van der Waals surface area contributed by atoms with Crippen molar-refractivity contribution in [2.45, 2.75) is 69.4 Å². The topological polar surface area (TPSA) is 388 Å². The average molecular weight is 1350 g/mol.